The van der Waals surface area contributed by atoms with Crippen molar-refractivity contribution < 1.29 is 23.9 Å². The zero-order chi connectivity index (χ0) is 21.2. The predicted octanol–water partition coefficient (Wildman–Crippen LogP) is 2.37. The van der Waals surface area contributed by atoms with Gasteiger partial charge in [0.25, 0.3) is 11.8 Å². The van der Waals surface area contributed by atoms with Gasteiger partial charge in [-0.25, -0.2) is 4.79 Å². The Morgan fingerprint density at radius 1 is 1.34 bits per heavy atom. The van der Waals surface area contributed by atoms with Crippen LogP contribution in [0.25, 0.3) is 0 Å². The molecule has 3 rings (SSSR count). The van der Waals surface area contributed by atoms with Gasteiger partial charge in [0, 0.05) is 5.69 Å². The van der Waals surface area contributed by atoms with E-state index in [0.29, 0.717) is 12.1 Å². The topological polar surface area (TPSA) is 105 Å². The highest BCUT2D eigenvalue weighted by atomic mass is 16.5. The summed E-state index contributed by atoms with van der Waals surface area (Å²) in [4.78, 5) is 50.7. The third-order valence-electron chi connectivity index (χ3n) is 5.75. The summed E-state index contributed by atoms with van der Waals surface area (Å²) in [6, 6.07) is 6.65. The van der Waals surface area contributed by atoms with E-state index >= 15 is 0 Å². The Labute approximate surface area is 170 Å². The Kier molecular flexibility index (Phi) is 5.91. The smallest absolute Gasteiger partial charge is 0.327 e. The van der Waals surface area contributed by atoms with Gasteiger partial charge in [-0.15, -0.1) is 0 Å². The number of aryl methyl sites for hydroxylation is 1. The van der Waals surface area contributed by atoms with Gasteiger partial charge in [-0.3, -0.25) is 19.3 Å². The van der Waals surface area contributed by atoms with Crippen LogP contribution < -0.4 is 10.6 Å². The molecule has 29 heavy (non-hydrogen) atoms. The van der Waals surface area contributed by atoms with E-state index in [2.05, 4.69) is 10.6 Å². The van der Waals surface area contributed by atoms with Crippen molar-refractivity contribution in [1.29, 1.82) is 0 Å². The first-order valence-corrected chi connectivity index (χ1v) is 9.94. The van der Waals surface area contributed by atoms with E-state index in [4.69, 9.17) is 4.74 Å². The molecule has 1 spiro atoms. The van der Waals surface area contributed by atoms with E-state index in [1.807, 2.05) is 19.9 Å². The number of rotatable bonds is 5. The summed E-state index contributed by atoms with van der Waals surface area (Å²) in [6.07, 6.45) is 2.22. The van der Waals surface area contributed by atoms with E-state index in [9.17, 15) is 19.2 Å². The average molecular weight is 401 g/mol. The maximum absolute atomic E-state index is 12.9. The highest BCUT2D eigenvalue weighted by Crippen LogP contribution is 2.38. The van der Waals surface area contributed by atoms with Crippen molar-refractivity contribution in [2.45, 2.75) is 58.1 Å². The van der Waals surface area contributed by atoms with Gasteiger partial charge in [0.2, 0.25) is 0 Å². The van der Waals surface area contributed by atoms with Gasteiger partial charge in [0.05, 0.1) is 0 Å². The van der Waals surface area contributed by atoms with Gasteiger partial charge in [-0.1, -0.05) is 31.9 Å². The molecule has 1 saturated carbocycles. The van der Waals surface area contributed by atoms with Crippen LogP contribution in [0.3, 0.4) is 0 Å². The summed E-state index contributed by atoms with van der Waals surface area (Å²) < 4.78 is 5.15. The van der Waals surface area contributed by atoms with Gasteiger partial charge >= 0.3 is 12.0 Å². The van der Waals surface area contributed by atoms with Crippen LogP contribution in [-0.4, -0.2) is 46.9 Å². The number of carbonyl (C=O) groups is 4. The second kappa shape index (κ2) is 8.23. The van der Waals surface area contributed by atoms with Crippen molar-refractivity contribution >= 4 is 29.5 Å². The lowest BCUT2D eigenvalue weighted by Gasteiger charge is -2.36. The van der Waals surface area contributed by atoms with Crippen molar-refractivity contribution in [3.8, 4) is 0 Å². The second-order valence-electron chi connectivity index (χ2n) is 7.93. The number of anilines is 1. The molecule has 2 fully saturated rings. The molecule has 1 aromatic carbocycles. The molecule has 0 unspecified atom stereocenters. The summed E-state index contributed by atoms with van der Waals surface area (Å²) in [7, 11) is 0. The van der Waals surface area contributed by atoms with Crippen molar-refractivity contribution in [1.82, 2.24) is 10.2 Å². The molecule has 8 nitrogen and oxygen atoms in total. The standard InChI is InChI=1S/C21H27N3O5/c1-13-7-6-9-16(11-13)22-18(26)15(3)29-17(25)12-24-19(27)21(23-20(24)28)10-5-4-8-14(21)2/h6-7,9,11,14-15H,4-5,8,10,12H2,1-3H3,(H,22,26)(H,23,28)/t14-,15-,21+/m0/s1. The fraction of sp³-hybridized carbons (Fsp3) is 0.524. The van der Waals surface area contributed by atoms with Crippen LogP contribution in [0.5, 0.6) is 0 Å². The van der Waals surface area contributed by atoms with Gasteiger partial charge < -0.3 is 15.4 Å². The van der Waals surface area contributed by atoms with Crippen molar-refractivity contribution in [3.05, 3.63) is 29.8 Å². The molecule has 1 aliphatic carbocycles. The van der Waals surface area contributed by atoms with Crippen molar-refractivity contribution in [3.63, 3.8) is 0 Å². The molecule has 3 atom stereocenters. The van der Waals surface area contributed by atoms with Crippen LogP contribution in [0.1, 0.15) is 45.1 Å². The van der Waals surface area contributed by atoms with Crippen LogP contribution in [-0.2, 0) is 19.1 Å². The third-order valence-corrected chi connectivity index (χ3v) is 5.75. The average Bonchev–Trinajstić information content (AvgIpc) is 2.89. The Balaban J connectivity index is 1.58. The Morgan fingerprint density at radius 3 is 2.79 bits per heavy atom. The molecular weight excluding hydrogens is 374 g/mol. The summed E-state index contributed by atoms with van der Waals surface area (Å²) in [5.41, 5.74) is 0.654. The largest absolute Gasteiger partial charge is 0.451 e. The molecule has 1 heterocycles. The molecule has 1 aliphatic heterocycles. The van der Waals surface area contributed by atoms with E-state index < -0.39 is 36.1 Å². The molecule has 4 amide bonds. The molecular formula is C21H27N3O5. The number of nitrogens with one attached hydrogen (secondary N) is 2. The van der Waals surface area contributed by atoms with Crippen LogP contribution in [0.4, 0.5) is 10.5 Å². The van der Waals surface area contributed by atoms with Gasteiger partial charge in [-0.05, 0) is 50.3 Å². The van der Waals surface area contributed by atoms with E-state index in [-0.39, 0.29) is 11.8 Å². The predicted molar refractivity (Wildman–Crippen MR) is 106 cm³/mol. The number of hydrogen-bond acceptors (Lipinski definition) is 5. The Hall–Kier alpha value is -2.90. The van der Waals surface area contributed by atoms with Crippen LogP contribution in [0.15, 0.2) is 24.3 Å². The number of imide groups is 1. The quantitative estimate of drug-likeness (QED) is 0.582. The number of carbonyl (C=O) groups excluding carboxylic acids is 4. The minimum absolute atomic E-state index is 0.00718. The number of hydrogen-bond donors (Lipinski definition) is 2. The SMILES string of the molecule is Cc1cccc(NC(=O)[C@H](C)OC(=O)CN2C(=O)N[C@@]3(CCCC[C@@H]3C)C2=O)c1. The third kappa shape index (κ3) is 4.26. The van der Waals surface area contributed by atoms with Gasteiger partial charge in [0.1, 0.15) is 12.1 Å². The maximum Gasteiger partial charge on any atom is 0.327 e. The van der Waals surface area contributed by atoms with Crippen LogP contribution in [0, 0.1) is 12.8 Å². The lowest BCUT2D eigenvalue weighted by molar-refractivity contribution is -0.155. The zero-order valence-corrected chi connectivity index (χ0v) is 17.0. The molecule has 0 aromatic heterocycles. The second-order valence-corrected chi connectivity index (χ2v) is 7.93. The molecule has 1 saturated heterocycles. The molecule has 2 N–H and O–H groups in total. The first kappa shape index (κ1) is 20.8. The fourth-order valence-electron chi connectivity index (χ4n) is 4.02. The van der Waals surface area contributed by atoms with Gasteiger partial charge in [-0.2, -0.15) is 0 Å². The van der Waals surface area contributed by atoms with E-state index in [0.717, 1.165) is 29.7 Å². The summed E-state index contributed by atoms with van der Waals surface area (Å²) in [5, 5.41) is 5.46. The number of ether oxygens (including phenoxy) is 1. The fourth-order valence-corrected chi connectivity index (χ4v) is 4.02. The summed E-state index contributed by atoms with van der Waals surface area (Å²) in [5.74, 6) is -1.67. The zero-order valence-electron chi connectivity index (χ0n) is 17.0. The summed E-state index contributed by atoms with van der Waals surface area (Å²) in [6.45, 7) is 4.77. The Morgan fingerprint density at radius 2 is 2.10 bits per heavy atom. The minimum atomic E-state index is -1.06. The molecule has 2 aliphatic rings. The lowest BCUT2D eigenvalue weighted by Crippen LogP contribution is -2.54. The number of esters is 1. The number of benzene rings is 1. The number of urea groups is 1. The first-order chi connectivity index (χ1) is 13.7. The van der Waals surface area contributed by atoms with Gasteiger partial charge in [0.15, 0.2) is 6.10 Å². The van der Waals surface area contributed by atoms with Crippen molar-refractivity contribution in [2.75, 3.05) is 11.9 Å². The molecule has 156 valence electrons. The first-order valence-electron chi connectivity index (χ1n) is 9.94. The highest BCUT2D eigenvalue weighted by molar-refractivity contribution is 6.09. The normalized spacial score (nSPS) is 24.9. The lowest BCUT2D eigenvalue weighted by atomic mass is 9.73. The molecule has 8 heteroatoms. The van der Waals surface area contributed by atoms with Crippen molar-refractivity contribution in [2.24, 2.45) is 5.92 Å². The molecule has 1 aromatic rings. The highest BCUT2D eigenvalue weighted by Gasteiger charge is 2.55. The summed E-state index contributed by atoms with van der Waals surface area (Å²) >= 11 is 0. The minimum Gasteiger partial charge on any atom is -0.451 e. The number of nitrogens with zero attached hydrogens (tertiary/aromatic N) is 1. The number of amides is 4. The van der Waals surface area contributed by atoms with Crippen LogP contribution in [0.2, 0.25) is 0 Å². The monoisotopic (exact) mass is 401 g/mol. The Bertz CT molecular complexity index is 839. The molecule has 0 radical (unpaired) electrons. The van der Waals surface area contributed by atoms with E-state index in [1.54, 1.807) is 18.2 Å². The van der Waals surface area contributed by atoms with Crippen LogP contribution >= 0.6 is 0 Å². The molecule has 0 bridgehead atoms. The van der Waals surface area contributed by atoms with E-state index in [1.165, 1.54) is 6.92 Å². The maximum atomic E-state index is 12.9.